The summed E-state index contributed by atoms with van der Waals surface area (Å²) in [6.45, 7) is 10.1. The topological polar surface area (TPSA) is 57.6 Å². The molecule has 0 bridgehead atoms. The molecule has 4 heteroatoms. The molecule has 1 aliphatic rings. The lowest BCUT2D eigenvalue weighted by molar-refractivity contribution is -0.131. The number of carbonyl (C=O) groups excluding carboxylic acids is 1. The van der Waals surface area contributed by atoms with Gasteiger partial charge in [-0.15, -0.1) is 0 Å². The van der Waals surface area contributed by atoms with E-state index in [1.807, 2.05) is 6.08 Å². The predicted molar refractivity (Wildman–Crippen MR) is 97.4 cm³/mol. The van der Waals surface area contributed by atoms with E-state index in [0.29, 0.717) is 11.1 Å². The number of aliphatic carboxylic acids is 1. The Bertz CT molecular complexity index is 633. The van der Waals surface area contributed by atoms with Crippen LogP contribution in [0.5, 0.6) is 0 Å². The van der Waals surface area contributed by atoms with Gasteiger partial charge in [-0.05, 0) is 68.2 Å². The Hall–Kier alpha value is -2.10. The highest BCUT2D eigenvalue weighted by Gasteiger charge is 2.26. The summed E-state index contributed by atoms with van der Waals surface area (Å²) in [5.41, 5.74) is 4.04. The molecule has 0 fully saturated rings. The lowest BCUT2D eigenvalue weighted by atomic mass is 9.73. The Kier molecular flexibility index (Phi) is 6.76. The number of hydrogen-bond donors (Lipinski definition) is 1. The summed E-state index contributed by atoms with van der Waals surface area (Å²) in [6.07, 6.45) is 9.88. The van der Waals surface area contributed by atoms with Gasteiger partial charge in [-0.25, -0.2) is 4.79 Å². The Labute approximate surface area is 145 Å². The zero-order valence-electron chi connectivity index (χ0n) is 15.6. The number of hydrogen-bond acceptors (Lipinski definition) is 2. The summed E-state index contributed by atoms with van der Waals surface area (Å²) in [5.74, 6) is -1.18. The van der Waals surface area contributed by atoms with Crippen LogP contribution < -0.4 is 0 Å². The summed E-state index contributed by atoms with van der Waals surface area (Å²) >= 11 is 0. The van der Waals surface area contributed by atoms with Crippen molar-refractivity contribution < 1.29 is 14.7 Å². The van der Waals surface area contributed by atoms with Gasteiger partial charge in [0.1, 0.15) is 0 Å². The van der Waals surface area contributed by atoms with Gasteiger partial charge < -0.3 is 10.0 Å². The van der Waals surface area contributed by atoms with Crippen LogP contribution >= 0.6 is 0 Å². The minimum absolute atomic E-state index is 0.134. The first-order valence-electron chi connectivity index (χ1n) is 8.29. The van der Waals surface area contributed by atoms with Crippen LogP contribution in [0.3, 0.4) is 0 Å². The van der Waals surface area contributed by atoms with Crippen molar-refractivity contribution >= 4 is 11.9 Å². The molecule has 1 amide bonds. The van der Waals surface area contributed by atoms with Crippen molar-refractivity contribution in [3.63, 3.8) is 0 Å². The number of amides is 1. The predicted octanol–water partition coefficient (Wildman–Crippen LogP) is 4.46. The highest BCUT2D eigenvalue weighted by atomic mass is 16.4. The fourth-order valence-corrected chi connectivity index (χ4v) is 2.97. The zero-order chi connectivity index (χ0) is 18.5. The third-order valence-corrected chi connectivity index (χ3v) is 4.66. The Morgan fingerprint density at radius 2 is 1.75 bits per heavy atom. The van der Waals surface area contributed by atoms with E-state index in [1.165, 1.54) is 28.5 Å². The number of likely N-dealkylation sites (N-methyl/N-ethyl adjacent to an activating group) is 1. The molecule has 0 unspecified atom stereocenters. The number of allylic oxidation sites excluding steroid dienone is 5. The first-order chi connectivity index (χ1) is 11.0. The molecule has 0 saturated heterocycles. The Balaban J connectivity index is 2.89. The van der Waals surface area contributed by atoms with E-state index >= 15 is 0 Å². The van der Waals surface area contributed by atoms with Crippen LogP contribution in [0.1, 0.15) is 53.9 Å². The van der Waals surface area contributed by atoms with Gasteiger partial charge in [0.2, 0.25) is 0 Å². The molecule has 0 heterocycles. The molecular weight excluding hydrogens is 302 g/mol. The third-order valence-electron chi connectivity index (χ3n) is 4.66. The minimum atomic E-state index is -1.01. The van der Waals surface area contributed by atoms with Crippen LogP contribution in [-0.2, 0) is 9.59 Å². The number of carboxylic acids is 1. The van der Waals surface area contributed by atoms with Crippen LogP contribution in [0.2, 0.25) is 0 Å². The van der Waals surface area contributed by atoms with E-state index in [0.717, 1.165) is 18.9 Å². The van der Waals surface area contributed by atoms with Gasteiger partial charge in [0, 0.05) is 25.4 Å². The van der Waals surface area contributed by atoms with Gasteiger partial charge >= 0.3 is 5.97 Å². The van der Waals surface area contributed by atoms with Gasteiger partial charge in [0.15, 0.2) is 0 Å². The molecule has 0 aromatic carbocycles. The molecule has 24 heavy (non-hydrogen) atoms. The monoisotopic (exact) mass is 331 g/mol. The van der Waals surface area contributed by atoms with Gasteiger partial charge in [0.25, 0.3) is 5.91 Å². The van der Waals surface area contributed by atoms with Crippen molar-refractivity contribution in [2.75, 3.05) is 7.05 Å². The highest BCUT2D eigenvalue weighted by Crippen LogP contribution is 2.40. The lowest BCUT2D eigenvalue weighted by Gasteiger charge is -2.33. The lowest BCUT2D eigenvalue weighted by Crippen LogP contribution is -2.22. The minimum Gasteiger partial charge on any atom is -0.478 e. The maximum Gasteiger partial charge on any atom is 0.328 e. The second-order valence-corrected chi connectivity index (χ2v) is 7.19. The molecule has 132 valence electrons. The van der Waals surface area contributed by atoms with Crippen LogP contribution in [0.15, 0.2) is 46.7 Å². The summed E-state index contributed by atoms with van der Waals surface area (Å²) < 4.78 is 0. The Morgan fingerprint density at radius 3 is 2.29 bits per heavy atom. The molecule has 1 N–H and O–H groups in total. The van der Waals surface area contributed by atoms with Crippen LogP contribution in [0.25, 0.3) is 0 Å². The molecule has 0 aromatic heterocycles. The van der Waals surface area contributed by atoms with Crippen molar-refractivity contribution in [3.05, 3.63) is 46.7 Å². The summed E-state index contributed by atoms with van der Waals surface area (Å²) in [7, 11) is 1.71. The summed E-state index contributed by atoms with van der Waals surface area (Å²) in [4.78, 5) is 24.5. The highest BCUT2D eigenvalue weighted by molar-refractivity contribution is 5.90. The standard InChI is InChI=1S/C20H29NO3/c1-14-8-7-10-20(4,5)17(14)9-11-21(6)18(22)12-15(2)16(3)13-19(23)24/h9,11-13H,7-8,10H2,1-6H3,(H,23,24). The number of rotatable bonds is 5. The largest absolute Gasteiger partial charge is 0.478 e. The van der Waals surface area contributed by atoms with Gasteiger partial charge in [0.05, 0.1) is 0 Å². The average Bonchev–Trinajstić information content (AvgIpc) is 2.44. The molecule has 1 rings (SSSR count). The molecule has 0 spiro atoms. The molecule has 0 aliphatic heterocycles. The van der Waals surface area contributed by atoms with Crippen molar-refractivity contribution in [2.45, 2.75) is 53.9 Å². The van der Waals surface area contributed by atoms with Crippen molar-refractivity contribution in [1.82, 2.24) is 4.90 Å². The van der Waals surface area contributed by atoms with Gasteiger partial charge in [-0.1, -0.05) is 19.4 Å². The van der Waals surface area contributed by atoms with Crippen LogP contribution in [0.4, 0.5) is 0 Å². The van der Waals surface area contributed by atoms with E-state index in [9.17, 15) is 9.59 Å². The zero-order valence-corrected chi connectivity index (χ0v) is 15.6. The number of carbonyl (C=O) groups is 2. The fourth-order valence-electron chi connectivity index (χ4n) is 2.97. The maximum atomic E-state index is 12.3. The molecule has 1 aliphatic carbocycles. The van der Waals surface area contributed by atoms with E-state index in [4.69, 9.17) is 5.11 Å². The molecule has 0 radical (unpaired) electrons. The average molecular weight is 331 g/mol. The third kappa shape index (κ3) is 5.52. The first-order valence-corrected chi connectivity index (χ1v) is 8.29. The van der Waals surface area contributed by atoms with Crippen molar-refractivity contribution in [1.29, 1.82) is 0 Å². The van der Waals surface area contributed by atoms with Crippen LogP contribution in [0, 0.1) is 5.41 Å². The SMILES string of the molecule is CC(=CC(=O)O)C(C)=CC(=O)N(C)C=CC1=C(C)CCCC1(C)C. The van der Waals surface area contributed by atoms with Crippen molar-refractivity contribution in [3.8, 4) is 0 Å². The number of nitrogens with zero attached hydrogens (tertiary/aromatic N) is 1. The van der Waals surface area contributed by atoms with E-state index < -0.39 is 5.97 Å². The quantitative estimate of drug-likeness (QED) is 0.597. The van der Waals surface area contributed by atoms with Crippen molar-refractivity contribution in [2.24, 2.45) is 5.41 Å². The van der Waals surface area contributed by atoms with Gasteiger partial charge in [-0.2, -0.15) is 0 Å². The van der Waals surface area contributed by atoms with E-state index in [2.05, 4.69) is 20.8 Å². The number of carboxylic acid groups (broad SMARTS) is 1. The van der Waals surface area contributed by atoms with E-state index in [1.54, 1.807) is 27.1 Å². The molecular formula is C20H29NO3. The summed E-state index contributed by atoms with van der Waals surface area (Å²) in [6, 6.07) is 0. The second-order valence-electron chi connectivity index (χ2n) is 7.19. The van der Waals surface area contributed by atoms with E-state index in [-0.39, 0.29) is 11.3 Å². The van der Waals surface area contributed by atoms with Gasteiger partial charge in [-0.3, -0.25) is 4.79 Å². The first kappa shape index (κ1) is 19.9. The normalized spacial score (nSPS) is 18.9. The molecule has 0 aromatic rings. The maximum absolute atomic E-state index is 12.3. The molecule has 0 atom stereocenters. The molecule has 4 nitrogen and oxygen atoms in total. The Morgan fingerprint density at radius 1 is 1.17 bits per heavy atom. The molecule has 0 saturated carbocycles. The smallest absolute Gasteiger partial charge is 0.328 e. The second kappa shape index (κ2) is 8.13. The fraction of sp³-hybridized carbons (Fsp3) is 0.500. The van der Waals surface area contributed by atoms with Crippen LogP contribution in [-0.4, -0.2) is 28.9 Å². The summed E-state index contributed by atoms with van der Waals surface area (Å²) in [5, 5.41) is 8.76.